The topological polar surface area (TPSA) is 94.0 Å². The molecule has 3 heterocycles. The molecule has 2 N–H and O–H groups in total. The van der Waals surface area contributed by atoms with Crippen molar-refractivity contribution in [2.75, 3.05) is 25.1 Å². The van der Waals surface area contributed by atoms with Crippen LogP contribution in [0.15, 0.2) is 31.0 Å². The van der Waals surface area contributed by atoms with Gasteiger partial charge in [-0.2, -0.15) is 5.10 Å². The summed E-state index contributed by atoms with van der Waals surface area (Å²) >= 11 is 0. The Morgan fingerprint density at radius 1 is 1.55 bits per heavy atom. The molecule has 8 heteroatoms. The molecule has 1 aliphatic rings. The maximum atomic E-state index is 12.2. The number of hydrogen-bond donors (Lipinski definition) is 2. The predicted molar refractivity (Wildman–Crippen MR) is 70.4 cm³/mol. The van der Waals surface area contributed by atoms with E-state index in [-0.39, 0.29) is 11.9 Å². The number of ether oxygens (including phenoxy) is 1. The molecule has 1 fully saturated rings. The minimum Gasteiger partial charge on any atom is -0.378 e. The molecule has 1 atom stereocenters. The highest BCUT2D eigenvalue weighted by Crippen LogP contribution is 2.16. The normalized spacial score (nSPS) is 18.7. The molecule has 2 aromatic heterocycles. The lowest BCUT2D eigenvalue weighted by molar-refractivity contribution is -0.120. The molecule has 1 aliphatic heterocycles. The lowest BCUT2D eigenvalue weighted by Gasteiger charge is -2.23. The predicted octanol–water partition coefficient (Wildman–Crippen LogP) is -0.411. The molecule has 0 radical (unpaired) electrons. The molecule has 1 unspecified atom stereocenters. The molecule has 0 aromatic carbocycles. The van der Waals surface area contributed by atoms with Gasteiger partial charge < -0.3 is 15.4 Å². The van der Waals surface area contributed by atoms with Gasteiger partial charge in [-0.05, 0) is 12.1 Å². The minimum atomic E-state index is -0.354. The summed E-state index contributed by atoms with van der Waals surface area (Å²) in [5.74, 6) is 0.370. The van der Waals surface area contributed by atoms with Crippen molar-refractivity contribution in [3.8, 4) is 5.82 Å². The van der Waals surface area contributed by atoms with E-state index in [1.807, 2.05) is 0 Å². The SMILES string of the molecule is O=C(Nc1cccnc1-n1cncn1)C1COCCN1. The highest BCUT2D eigenvalue weighted by Gasteiger charge is 2.22. The smallest absolute Gasteiger partial charge is 0.244 e. The number of anilines is 1. The third-order valence-corrected chi connectivity index (χ3v) is 2.92. The molecule has 3 rings (SSSR count). The van der Waals surface area contributed by atoms with Crippen LogP contribution in [-0.2, 0) is 9.53 Å². The van der Waals surface area contributed by atoms with Gasteiger partial charge in [-0.3, -0.25) is 4.79 Å². The van der Waals surface area contributed by atoms with E-state index < -0.39 is 0 Å². The van der Waals surface area contributed by atoms with Crippen LogP contribution in [-0.4, -0.2) is 51.5 Å². The molecule has 2 aromatic rings. The van der Waals surface area contributed by atoms with Gasteiger partial charge >= 0.3 is 0 Å². The summed E-state index contributed by atoms with van der Waals surface area (Å²) in [6, 6.07) is 3.17. The Balaban J connectivity index is 1.79. The van der Waals surface area contributed by atoms with Gasteiger partial charge in [0, 0.05) is 12.7 Å². The summed E-state index contributed by atoms with van der Waals surface area (Å²) in [7, 11) is 0. The van der Waals surface area contributed by atoms with E-state index in [9.17, 15) is 4.79 Å². The van der Waals surface area contributed by atoms with Crippen molar-refractivity contribution in [3.05, 3.63) is 31.0 Å². The van der Waals surface area contributed by atoms with Gasteiger partial charge in [0.25, 0.3) is 0 Å². The fourth-order valence-corrected chi connectivity index (χ4v) is 1.95. The van der Waals surface area contributed by atoms with Crippen LogP contribution < -0.4 is 10.6 Å². The van der Waals surface area contributed by atoms with Crippen molar-refractivity contribution < 1.29 is 9.53 Å². The van der Waals surface area contributed by atoms with E-state index in [4.69, 9.17) is 4.74 Å². The number of aromatic nitrogens is 4. The quantitative estimate of drug-likeness (QED) is 0.790. The maximum absolute atomic E-state index is 12.2. The number of nitrogens with one attached hydrogen (secondary N) is 2. The average molecular weight is 274 g/mol. The molecule has 0 aliphatic carbocycles. The number of amides is 1. The molecule has 104 valence electrons. The Morgan fingerprint density at radius 3 is 3.25 bits per heavy atom. The van der Waals surface area contributed by atoms with Crippen LogP contribution in [0.25, 0.3) is 5.82 Å². The zero-order valence-corrected chi connectivity index (χ0v) is 10.7. The first-order chi connectivity index (χ1) is 9.84. The molecular formula is C12H14N6O2. The second kappa shape index (κ2) is 5.76. The van der Waals surface area contributed by atoms with Gasteiger partial charge in [0.1, 0.15) is 18.7 Å². The van der Waals surface area contributed by atoms with Crippen molar-refractivity contribution in [1.29, 1.82) is 0 Å². The summed E-state index contributed by atoms with van der Waals surface area (Å²) in [6.45, 7) is 1.66. The average Bonchev–Trinajstić information content (AvgIpc) is 3.03. The fourth-order valence-electron chi connectivity index (χ4n) is 1.95. The van der Waals surface area contributed by atoms with Gasteiger partial charge in [0.05, 0.1) is 18.9 Å². The Morgan fingerprint density at radius 2 is 2.50 bits per heavy atom. The molecule has 1 saturated heterocycles. The second-order valence-electron chi connectivity index (χ2n) is 4.29. The van der Waals surface area contributed by atoms with Gasteiger partial charge in [0.15, 0.2) is 5.82 Å². The minimum absolute atomic E-state index is 0.154. The Hall–Kier alpha value is -2.32. The Kier molecular flexibility index (Phi) is 3.66. The summed E-state index contributed by atoms with van der Waals surface area (Å²) in [4.78, 5) is 20.3. The zero-order chi connectivity index (χ0) is 13.8. The van der Waals surface area contributed by atoms with Crippen molar-refractivity contribution in [2.24, 2.45) is 0 Å². The first-order valence-electron chi connectivity index (χ1n) is 6.26. The Labute approximate surface area is 115 Å². The molecule has 0 spiro atoms. The zero-order valence-electron chi connectivity index (χ0n) is 10.7. The van der Waals surface area contributed by atoms with Crippen molar-refractivity contribution in [1.82, 2.24) is 25.1 Å². The lowest BCUT2D eigenvalue weighted by atomic mass is 10.2. The number of morpholine rings is 1. The number of nitrogens with zero attached hydrogens (tertiary/aromatic N) is 4. The van der Waals surface area contributed by atoms with E-state index in [2.05, 4.69) is 25.7 Å². The van der Waals surface area contributed by atoms with E-state index in [1.165, 1.54) is 17.3 Å². The molecule has 8 nitrogen and oxygen atoms in total. The Bertz CT molecular complexity index is 579. The van der Waals surface area contributed by atoms with E-state index in [1.54, 1.807) is 18.3 Å². The van der Waals surface area contributed by atoms with Crippen LogP contribution in [0, 0.1) is 0 Å². The second-order valence-corrected chi connectivity index (χ2v) is 4.29. The standard InChI is InChI=1S/C12H14N6O2/c19-12(10-6-20-5-4-14-10)17-9-2-1-3-15-11(9)18-8-13-7-16-18/h1-3,7-8,10,14H,4-6H2,(H,17,19). The highest BCUT2D eigenvalue weighted by atomic mass is 16.5. The van der Waals surface area contributed by atoms with E-state index in [0.717, 1.165) is 0 Å². The lowest BCUT2D eigenvalue weighted by Crippen LogP contribution is -2.48. The molecule has 0 saturated carbocycles. The molecule has 20 heavy (non-hydrogen) atoms. The van der Waals surface area contributed by atoms with E-state index >= 15 is 0 Å². The molecule has 0 bridgehead atoms. The summed E-state index contributed by atoms with van der Waals surface area (Å²) in [6.07, 6.45) is 4.57. The van der Waals surface area contributed by atoms with Crippen LogP contribution in [0.3, 0.4) is 0 Å². The van der Waals surface area contributed by atoms with E-state index in [0.29, 0.717) is 31.3 Å². The highest BCUT2D eigenvalue weighted by molar-refractivity contribution is 5.96. The third kappa shape index (κ3) is 2.65. The monoisotopic (exact) mass is 274 g/mol. The van der Waals surface area contributed by atoms with Crippen molar-refractivity contribution >= 4 is 11.6 Å². The summed E-state index contributed by atoms with van der Waals surface area (Å²) in [5.41, 5.74) is 0.579. The maximum Gasteiger partial charge on any atom is 0.244 e. The number of pyridine rings is 1. The van der Waals surface area contributed by atoms with Crippen LogP contribution in [0.2, 0.25) is 0 Å². The van der Waals surface area contributed by atoms with Crippen molar-refractivity contribution in [3.63, 3.8) is 0 Å². The van der Waals surface area contributed by atoms with Crippen LogP contribution in [0.4, 0.5) is 5.69 Å². The van der Waals surface area contributed by atoms with Gasteiger partial charge in [-0.25, -0.2) is 14.6 Å². The molecular weight excluding hydrogens is 260 g/mol. The van der Waals surface area contributed by atoms with Crippen LogP contribution in [0.1, 0.15) is 0 Å². The summed E-state index contributed by atoms with van der Waals surface area (Å²) in [5, 5.41) is 9.96. The number of hydrogen-bond acceptors (Lipinski definition) is 6. The van der Waals surface area contributed by atoms with Gasteiger partial charge in [-0.1, -0.05) is 0 Å². The number of carbonyl (C=O) groups excluding carboxylic acids is 1. The van der Waals surface area contributed by atoms with Gasteiger partial charge in [0.2, 0.25) is 5.91 Å². The van der Waals surface area contributed by atoms with Crippen molar-refractivity contribution in [2.45, 2.75) is 6.04 Å². The first-order valence-corrected chi connectivity index (χ1v) is 6.26. The van der Waals surface area contributed by atoms with Crippen LogP contribution in [0.5, 0.6) is 0 Å². The van der Waals surface area contributed by atoms with Crippen LogP contribution >= 0.6 is 0 Å². The molecule has 1 amide bonds. The third-order valence-electron chi connectivity index (χ3n) is 2.92. The first kappa shape index (κ1) is 12.7. The number of rotatable bonds is 3. The largest absolute Gasteiger partial charge is 0.378 e. The fraction of sp³-hybridized carbons (Fsp3) is 0.333. The summed E-state index contributed by atoms with van der Waals surface area (Å²) < 4.78 is 6.78. The van der Waals surface area contributed by atoms with Gasteiger partial charge in [-0.15, -0.1) is 0 Å². The number of carbonyl (C=O) groups is 1.